The smallest absolute Gasteiger partial charge is 0.306 e. The summed E-state index contributed by atoms with van der Waals surface area (Å²) in [4.78, 5) is 37.8. The van der Waals surface area contributed by atoms with Gasteiger partial charge in [0, 0.05) is 12.8 Å². The highest BCUT2D eigenvalue weighted by molar-refractivity contribution is 7.45. The highest BCUT2D eigenvalue weighted by atomic mass is 31.2. The van der Waals surface area contributed by atoms with Gasteiger partial charge in [-0.2, -0.15) is 0 Å². The van der Waals surface area contributed by atoms with Crippen LogP contribution < -0.4 is 4.89 Å². The third-order valence-corrected chi connectivity index (χ3v) is 14.4. The second-order valence-corrected chi connectivity index (χ2v) is 23.1. The first-order valence-corrected chi connectivity index (χ1v) is 31.5. The molecule has 0 aliphatic carbocycles. The van der Waals surface area contributed by atoms with Crippen molar-refractivity contribution < 1.29 is 42.1 Å². The lowest BCUT2D eigenvalue weighted by Gasteiger charge is -2.28. The molecule has 414 valence electrons. The summed E-state index contributed by atoms with van der Waals surface area (Å²) in [6, 6.07) is 0. The molecule has 0 amide bonds. The van der Waals surface area contributed by atoms with Crippen LogP contribution >= 0.6 is 7.82 Å². The van der Waals surface area contributed by atoms with Gasteiger partial charge in [0.2, 0.25) is 0 Å². The molecule has 0 rings (SSSR count). The maximum absolute atomic E-state index is 12.8. The van der Waals surface area contributed by atoms with Gasteiger partial charge in [-0.1, -0.05) is 263 Å². The van der Waals surface area contributed by atoms with Gasteiger partial charge >= 0.3 is 11.9 Å². The molecule has 0 saturated heterocycles. The van der Waals surface area contributed by atoms with Crippen molar-refractivity contribution >= 4 is 19.8 Å². The largest absolute Gasteiger partial charge is 0.756 e. The van der Waals surface area contributed by atoms with E-state index in [1.807, 2.05) is 21.1 Å². The predicted molar refractivity (Wildman–Crippen MR) is 296 cm³/mol. The first kappa shape index (κ1) is 68.5. The number of quaternary nitrogens is 1. The van der Waals surface area contributed by atoms with Crippen LogP contribution in [-0.4, -0.2) is 70.0 Å². The summed E-state index contributed by atoms with van der Waals surface area (Å²) in [5, 5.41) is 0. The fourth-order valence-corrected chi connectivity index (χ4v) is 9.54. The average Bonchev–Trinajstić information content (AvgIpc) is 3.32. The van der Waals surface area contributed by atoms with Crippen LogP contribution in [-0.2, 0) is 32.7 Å². The molecule has 2 atom stereocenters. The van der Waals surface area contributed by atoms with Gasteiger partial charge in [-0.05, 0) is 44.9 Å². The monoisotopic (exact) mass is 1010 g/mol. The summed E-state index contributed by atoms with van der Waals surface area (Å²) in [6.07, 6.45) is 62.3. The van der Waals surface area contributed by atoms with Crippen molar-refractivity contribution in [3.63, 3.8) is 0 Å². The Morgan fingerprint density at radius 3 is 1.13 bits per heavy atom. The van der Waals surface area contributed by atoms with E-state index < -0.39 is 26.5 Å². The highest BCUT2D eigenvalue weighted by Gasteiger charge is 2.22. The molecule has 0 aliphatic rings. The average molecular weight is 1010 g/mol. The molecule has 10 heteroatoms. The van der Waals surface area contributed by atoms with Gasteiger partial charge in [0.15, 0.2) is 6.10 Å². The second kappa shape index (κ2) is 52.4. The second-order valence-electron chi connectivity index (χ2n) is 21.7. The van der Waals surface area contributed by atoms with E-state index in [1.165, 1.54) is 225 Å². The van der Waals surface area contributed by atoms with Crippen molar-refractivity contribution in [2.75, 3.05) is 47.5 Å². The van der Waals surface area contributed by atoms with Crippen LogP contribution in [0.15, 0.2) is 24.3 Å². The van der Waals surface area contributed by atoms with Crippen LogP contribution in [0.2, 0.25) is 0 Å². The molecule has 0 aromatic heterocycles. The lowest BCUT2D eigenvalue weighted by molar-refractivity contribution is -0.870. The zero-order valence-electron chi connectivity index (χ0n) is 47.0. The van der Waals surface area contributed by atoms with Crippen molar-refractivity contribution in [3.8, 4) is 0 Å². The summed E-state index contributed by atoms with van der Waals surface area (Å²) in [6.45, 7) is 4.28. The number of nitrogens with zero attached hydrogens (tertiary/aromatic N) is 1. The topological polar surface area (TPSA) is 111 Å². The van der Waals surface area contributed by atoms with Gasteiger partial charge in [-0.25, -0.2) is 0 Å². The molecule has 0 saturated carbocycles. The number of esters is 2. The van der Waals surface area contributed by atoms with Crippen molar-refractivity contribution in [3.05, 3.63) is 24.3 Å². The number of ether oxygens (including phenoxy) is 2. The minimum absolute atomic E-state index is 0.0271. The molecular formula is C60H116NO8P. The fourth-order valence-electron chi connectivity index (χ4n) is 8.81. The molecule has 0 bridgehead atoms. The fraction of sp³-hybridized carbons (Fsp3) is 0.900. The van der Waals surface area contributed by atoms with E-state index in [4.69, 9.17) is 18.5 Å². The minimum Gasteiger partial charge on any atom is -0.756 e. The Balaban J connectivity index is 4.02. The van der Waals surface area contributed by atoms with Gasteiger partial charge < -0.3 is 27.9 Å². The molecule has 2 unspecified atom stereocenters. The van der Waals surface area contributed by atoms with Crippen LogP contribution in [0.1, 0.15) is 296 Å². The van der Waals surface area contributed by atoms with E-state index in [1.54, 1.807) is 0 Å². The molecule has 0 aromatic rings. The third-order valence-electron chi connectivity index (χ3n) is 13.5. The predicted octanol–water partition coefficient (Wildman–Crippen LogP) is 18.0. The van der Waals surface area contributed by atoms with Crippen LogP contribution in [0.3, 0.4) is 0 Å². The number of likely N-dealkylation sites (N-methyl/N-ethyl adjacent to an activating group) is 1. The van der Waals surface area contributed by atoms with Gasteiger partial charge in [0.05, 0.1) is 27.7 Å². The summed E-state index contributed by atoms with van der Waals surface area (Å²) in [7, 11) is 1.18. The molecule has 70 heavy (non-hydrogen) atoms. The Kier molecular flexibility index (Phi) is 51.2. The Morgan fingerprint density at radius 2 is 0.771 bits per heavy atom. The number of hydrogen-bond donors (Lipinski definition) is 0. The van der Waals surface area contributed by atoms with Crippen molar-refractivity contribution in [2.45, 2.75) is 302 Å². The molecule has 0 heterocycles. The lowest BCUT2D eigenvalue weighted by atomic mass is 10.0. The number of phosphoric acid groups is 1. The summed E-state index contributed by atoms with van der Waals surface area (Å²) in [5.74, 6) is -0.815. The number of hydrogen-bond acceptors (Lipinski definition) is 8. The van der Waals surface area contributed by atoms with Gasteiger partial charge in [0.25, 0.3) is 7.82 Å². The molecule has 0 spiro atoms. The van der Waals surface area contributed by atoms with E-state index in [9.17, 15) is 19.0 Å². The van der Waals surface area contributed by atoms with Crippen molar-refractivity contribution in [1.82, 2.24) is 0 Å². The van der Waals surface area contributed by atoms with E-state index in [0.717, 1.165) is 38.5 Å². The Morgan fingerprint density at radius 1 is 0.443 bits per heavy atom. The van der Waals surface area contributed by atoms with E-state index in [2.05, 4.69) is 38.2 Å². The summed E-state index contributed by atoms with van der Waals surface area (Å²) < 4.78 is 34.2. The van der Waals surface area contributed by atoms with E-state index in [-0.39, 0.29) is 32.0 Å². The number of unbranched alkanes of at least 4 members (excludes halogenated alkanes) is 38. The quantitative estimate of drug-likeness (QED) is 0.0195. The molecule has 0 radical (unpaired) electrons. The normalized spacial score (nSPS) is 13.4. The lowest BCUT2D eigenvalue weighted by Crippen LogP contribution is -2.37. The third kappa shape index (κ3) is 55.8. The maximum Gasteiger partial charge on any atom is 0.306 e. The van der Waals surface area contributed by atoms with Gasteiger partial charge in [-0.3, -0.25) is 14.2 Å². The van der Waals surface area contributed by atoms with Crippen LogP contribution in [0, 0.1) is 0 Å². The standard InChI is InChI=1S/C60H116NO8P/c1-6-8-10-12-14-16-18-20-22-23-24-25-26-27-28-29-30-31-32-33-34-35-36-37-39-41-43-45-47-49-51-53-60(63)69-58(57-68-70(64,65)67-55-54-61(3,4)5)56-66-59(62)52-50-48-46-44-42-40-38-21-19-17-15-13-11-9-7-2/h18,20,23-24,58H,6-17,19,21-22,25-57H2,1-5H3/b20-18-,24-23-. The first-order chi connectivity index (χ1) is 34.0. The minimum atomic E-state index is -4.63. The number of carbonyl (C=O) groups excluding carboxylic acids is 2. The molecule has 0 fully saturated rings. The Labute approximate surface area is 434 Å². The SMILES string of the molecule is CCCCCCC/C=C\C/C=C\CCCCCCCCCCCCCCCCCCCCCC(=O)OC(COC(=O)CCCCCCCCCCCCCCCCC)COP(=O)([O-])OCC[N+](C)(C)C. The Hall–Kier alpha value is -1.51. The van der Waals surface area contributed by atoms with Gasteiger partial charge in [0.1, 0.15) is 19.8 Å². The van der Waals surface area contributed by atoms with Crippen LogP contribution in [0.25, 0.3) is 0 Å². The number of carbonyl (C=O) groups is 2. The zero-order valence-corrected chi connectivity index (χ0v) is 47.9. The molecular weight excluding hydrogens is 894 g/mol. The Bertz CT molecular complexity index is 1240. The number of allylic oxidation sites excluding steroid dienone is 4. The maximum atomic E-state index is 12.8. The first-order valence-electron chi connectivity index (χ1n) is 30.0. The summed E-state index contributed by atoms with van der Waals surface area (Å²) >= 11 is 0. The molecule has 9 nitrogen and oxygen atoms in total. The van der Waals surface area contributed by atoms with Crippen molar-refractivity contribution in [2.24, 2.45) is 0 Å². The highest BCUT2D eigenvalue weighted by Crippen LogP contribution is 2.38. The molecule has 0 aliphatic heterocycles. The number of phosphoric ester groups is 1. The van der Waals surface area contributed by atoms with Crippen LogP contribution in [0.5, 0.6) is 0 Å². The number of rotatable bonds is 56. The van der Waals surface area contributed by atoms with Crippen LogP contribution in [0.4, 0.5) is 0 Å². The van der Waals surface area contributed by atoms with E-state index >= 15 is 0 Å². The van der Waals surface area contributed by atoms with Crippen molar-refractivity contribution in [1.29, 1.82) is 0 Å². The summed E-state index contributed by atoms with van der Waals surface area (Å²) in [5.41, 5.74) is 0. The zero-order chi connectivity index (χ0) is 51.3. The van der Waals surface area contributed by atoms with E-state index in [0.29, 0.717) is 17.4 Å². The molecule has 0 N–H and O–H groups in total. The van der Waals surface area contributed by atoms with Gasteiger partial charge in [-0.15, -0.1) is 0 Å². The molecule has 0 aromatic carbocycles.